The second kappa shape index (κ2) is 5.63. The van der Waals surface area contributed by atoms with Gasteiger partial charge in [-0.15, -0.1) is 0 Å². The fourth-order valence-corrected chi connectivity index (χ4v) is 2.31. The van der Waals surface area contributed by atoms with E-state index >= 15 is 0 Å². The third kappa shape index (κ3) is 2.72. The Hall–Kier alpha value is -2.63. The van der Waals surface area contributed by atoms with Gasteiger partial charge in [0, 0.05) is 17.5 Å². The predicted molar refractivity (Wildman–Crippen MR) is 79.9 cm³/mol. The van der Waals surface area contributed by atoms with Gasteiger partial charge in [0.25, 0.3) is 5.89 Å². The number of hydrogen-bond acceptors (Lipinski definition) is 6. The maximum Gasteiger partial charge on any atom is 0.336 e. The van der Waals surface area contributed by atoms with Crippen molar-refractivity contribution in [2.24, 2.45) is 0 Å². The highest BCUT2D eigenvalue weighted by Gasteiger charge is 2.15. The summed E-state index contributed by atoms with van der Waals surface area (Å²) in [7, 11) is 0. The fourth-order valence-electron chi connectivity index (χ4n) is 2.31. The van der Waals surface area contributed by atoms with Crippen LogP contribution in [0.25, 0.3) is 11.0 Å². The van der Waals surface area contributed by atoms with Gasteiger partial charge in [-0.25, -0.2) is 4.79 Å². The van der Waals surface area contributed by atoms with E-state index in [2.05, 4.69) is 10.1 Å². The van der Waals surface area contributed by atoms with Crippen LogP contribution in [-0.4, -0.2) is 10.1 Å². The van der Waals surface area contributed by atoms with Gasteiger partial charge in [0.2, 0.25) is 0 Å². The number of nitrogens with zero attached hydrogens (tertiary/aromatic N) is 2. The van der Waals surface area contributed by atoms with Gasteiger partial charge in [-0.05, 0) is 38.0 Å². The molecule has 0 saturated heterocycles. The summed E-state index contributed by atoms with van der Waals surface area (Å²) in [5.41, 5.74) is 1.11. The van der Waals surface area contributed by atoms with Crippen molar-refractivity contribution >= 4 is 11.0 Å². The van der Waals surface area contributed by atoms with Crippen LogP contribution in [0.3, 0.4) is 0 Å². The summed E-state index contributed by atoms with van der Waals surface area (Å²) in [4.78, 5) is 15.7. The molecule has 0 aliphatic rings. The van der Waals surface area contributed by atoms with Gasteiger partial charge in [-0.2, -0.15) is 4.98 Å². The summed E-state index contributed by atoms with van der Waals surface area (Å²) in [5.74, 6) is 1.54. The van der Waals surface area contributed by atoms with Crippen LogP contribution in [0.5, 0.6) is 5.75 Å². The molecule has 0 spiro atoms. The molecule has 0 aliphatic carbocycles. The van der Waals surface area contributed by atoms with Crippen LogP contribution >= 0.6 is 0 Å². The second-order valence-corrected chi connectivity index (χ2v) is 5.04. The molecule has 0 amide bonds. The third-order valence-electron chi connectivity index (χ3n) is 3.39. The molecule has 0 unspecified atom stereocenters. The molecule has 6 nitrogen and oxygen atoms in total. The Labute approximate surface area is 126 Å². The first-order valence-corrected chi connectivity index (χ1v) is 7.10. The van der Waals surface area contributed by atoms with E-state index in [-0.39, 0.29) is 11.7 Å². The van der Waals surface area contributed by atoms with Crippen LogP contribution in [0.1, 0.15) is 37.2 Å². The van der Waals surface area contributed by atoms with Crippen LogP contribution in [0.4, 0.5) is 0 Å². The van der Waals surface area contributed by atoms with Crippen molar-refractivity contribution in [3.8, 4) is 5.75 Å². The van der Waals surface area contributed by atoms with Gasteiger partial charge in [0.15, 0.2) is 11.9 Å². The molecule has 0 N–H and O–H groups in total. The molecule has 2 heterocycles. The quantitative estimate of drug-likeness (QED) is 0.688. The highest BCUT2D eigenvalue weighted by atomic mass is 16.5. The zero-order valence-electron chi connectivity index (χ0n) is 12.6. The minimum Gasteiger partial charge on any atom is -0.481 e. The van der Waals surface area contributed by atoms with Gasteiger partial charge in [-0.3, -0.25) is 0 Å². The van der Waals surface area contributed by atoms with Crippen molar-refractivity contribution in [1.29, 1.82) is 0 Å². The molecule has 1 atom stereocenters. The van der Waals surface area contributed by atoms with Crippen molar-refractivity contribution in [1.82, 2.24) is 10.1 Å². The molecule has 6 heteroatoms. The number of ether oxygens (including phenoxy) is 1. The standard InChI is InChI=1S/C16H16N2O4/c1-4-11-7-15(19)21-14-8-12(5-6-13(11)14)20-9(2)16-17-10(3)18-22-16/h5-9H,4H2,1-3H3/t9-/m1/s1. The maximum absolute atomic E-state index is 11.6. The summed E-state index contributed by atoms with van der Waals surface area (Å²) < 4.78 is 16.1. The lowest BCUT2D eigenvalue weighted by Crippen LogP contribution is -2.04. The van der Waals surface area contributed by atoms with E-state index < -0.39 is 0 Å². The zero-order chi connectivity index (χ0) is 15.7. The number of rotatable bonds is 4. The van der Waals surface area contributed by atoms with Gasteiger partial charge in [0.1, 0.15) is 11.3 Å². The maximum atomic E-state index is 11.6. The second-order valence-electron chi connectivity index (χ2n) is 5.04. The predicted octanol–water partition coefficient (Wildman–Crippen LogP) is 3.19. The van der Waals surface area contributed by atoms with Crippen LogP contribution in [0, 0.1) is 6.92 Å². The minimum atomic E-state index is -0.389. The molecule has 0 bridgehead atoms. The fraction of sp³-hybridized carbons (Fsp3) is 0.312. The smallest absolute Gasteiger partial charge is 0.336 e. The third-order valence-corrected chi connectivity index (χ3v) is 3.39. The Balaban J connectivity index is 1.93. The number of aromatic nitrogens is 2. The first-order chi connectivity index (χ1) is 10.6. The first-order valence-electron chi connectivity index (χ1n) is 7.10. The van der Waals surface area contributed by atoms with Crippen LogP contribution in [-0.2, 0) is 6.42 Å². The van der Waals surface area contributed by atoms with Crippen molar-refractivity contribution in [3.05, 3.63) is 52.0 Å². The topological polar surface area (TPSA) is 78.4 Å². The van der Waals surface area contributed by atoms with Gasteiger partial charge < -0.3 is 13.7 Å². The van der Waals surface area contributed by atoms with E-state index in [0.717, 1.165) is 17.4 Å². The molecule has 0 aliphatic heterocycles. The highest BCUT2D eigenvalue weighted by molar-refractivity contribution is 5.81. The Morgan fingerprint density at radius 2 is 2.14 bits per heavy atom. The summed E-state index contributed by atoms with van der Waals surface area (Å²) >= 11 is 0. The van der Waals surface area contributed by atoms with Crippen molar-refractivity contribution < 1.29 is 13.7 Å². The monoisotopic (exact) mass is 300 g/mol. The molecule has 0 radical (unpaired) electrons. The Bertz CT molecular complexity index is 866. The zero-order valence-corrected chi connectivity index (χ0v) is 12.6. The summed E-state index contributed by atoms with van der Waals surface area (Å²) in [6, 6.07) is 6.95. The molecule has 3 aromatic rings. The lowest BCUT2D eigenvalue weighted by atomic mass is 10.1. The minimum absolute atomic E-state index is 0.359. The van der Waals surface area contributed by atoms with Crippen molar-refractivity contribution in [2.45, 2.75) is 33.3 Å². The van der Waals surface area contributed by atoms with Gasteiger partial charge >= 0.3 is 5.63 Å². The summed E-state index contributed by atoms with van der Waals surface area (Å²) in [6.45, 7) is 5.56. The van der Waals surface area contributed by atoms with Crippen LogP contribution in [0.15, 0.2) is 38.0 Å². The summed E-state index contributed by atoms with van der Waals surface area (Å²) in [5, 5.41) is 4.65. The van der Waals surface area contributed by atoms with E-state index in [1.54, 1.807) is 13.0 Å². The normalized spacial score (nSPS) is 12.5. The molecular weight excluding hydrogens is 284 g/mol. The van der Waals surface area contributed by atoms with E-state index in [1.807, 2.05) is 26.0 Å². The van der Waals surface area contributed by atoms with E-state index in [1.165, 1.54) is 6.07 Å². The number of benzene rings is 1. The molecule has 114 valence electrons. The highest BCUT2D eigenvalue weighted by Crippen LogP contribution is 2.26. The largest absolute Gasteiger partial charge is 0.481 e. The van der Waals surface area contributed by atoms with Crippen molar-refractivity contribution in [3.63, 3.8) is 0 Å². The van der Waals surface area contributed by atoms with E-state index in [0.29, 0.717) is 23.0 Å². The van der Waals surface area contributed by atoms with Gasteiger partial charge in [-0.1, -0.05) is 12.1 Å². The van der Waals surface area contributed by atoms with Gasteiger partial charge in [0.05, 0.1) is 0 Å². The summed E-state index contributed by atoms with van der Waals surface area (Å²) in [6.07, 6.45) is 0.375. The van der Waals surface area contributed by atoms with Crippen LogP contribution in [0.2, 0.25) is 0 Å². The lowest BCUT2D eigenvalue weighted by Gasteiger charge is -2.11. The molecule has 22 heavy (non-hydrogen) atoms. The first kappa shape index (κ1) is 14.3. The number of hydrogen-bond donors (Lipinski definition) is 0. The molecule has 3 rings (SSSR count). The molecule has 1 aromatic carbocycles. The Kier molecular flexibility index (Phi) is 3.66. The van der Waals surface area contributed by atoms with E-state index in [4.69, 9.17) is 13.7 Å². The molecule has 0 saturated carbocycles. The average Bonchev–Trinajstić information content (AvgIpc) is 2.92. The van der Waals surface area contributed by atoms with Crippen LogP contribution < -0.4 is 10.4 Å². The molecular formula is C16H16N2O4. The number of fused-ring (bicyclic) bond motifs is 1. The number of aryl methyl sites for hydroxylation is 2. The SMILES string of the molecule is CCc1cc(=O)oc2cc(O[C@H](C)c3nc(C)no3)ccc12. The Morgan fingerprint density at radius 1 is 1.32 bits per heavy atom. The van der Waals surface area contributed by atoms with E-state index in [9.17, 15) is 4.79 Å². The Morgan fingerprint density at radius 3 is 2.82 bits per heavy atom. The molecule has 0 fully saturated rings. The lowest BCUT2D eigenvalue weighted by molar-refractivity contribution is 0.175. The molecule has 2 aromatic heterocycles. The average molecular weight is 300 g/mol. The van der Waals surface area contributed by atoms with Crippen molar-refractivity contribution in [2.75, 3.05) is 0 Å².